The number of aromatic nitrogens is 1. The Balaban J connectivity index is 1.39. The third kappa shape index (κ3) is 5.66. The van der Waals surface area contributed by atoms with Crippen LogP contribution >= 0.6 is 0 Å². The van der Waals surface area contributed by atoms with Gasteiger partial charge in [0, 0.05) is 31.3 Å². The molecule has 8 heteroatoms. The van der Waals surface area contributed by atoms with Crippen LogP contribution in [-0.2, 0) is 20.9 Å². The molecule has 1 aliphatic rings. The van der Waals surface area contributed by atoms with E-state index in [2.05, 4.69) is 15.6 Å². The molecule has 180 valence electrons. The third-order valence-corrected chi connectivity index (χ3v) is 6.20. The smallest absolute Gasteiger partial charge is 0.407 e. The van der Waals surface area contributed by atoms with Crippen molar-refractivity contribution < 1.29 is 24.2 Å². The van der Waals surface area contributed by atoms with E-state index >= 15 is 0 Å². The summed E-state index contributed by atoms with van der Waals surface area (Å²) in [4.78, 5) is 40.5. The molecule has 0 fully saturated rings. The van der Waals surface area contributed by atoms with Crippen LogP contribution in [0.1, 0.15) is 41.0 Å². The molecule has 2 aromatic carbocycles. The van der Waals surface area contributed by atoms with Crippen LogP contribution in [0.4, 0.5) is 4.79 Å². The molecule has 0 aliphatic heterocycles. The van der Waals surface area contributed by atoms with Gasteiger partial charge in [0.1, 0.15) is 12.6 Å². The number of hydrogen-bond donors (Lipinski definition) is 3. The summed E-state index contributed by atoms with van der Waals surface area (Å²) in [5.74, 6) is -1.66. The van der Waals surface area contributed by atoms with Crippen LogP contribution in [0, 0.1) is 6.92 Å². The van der Waals surface area contributed by atoms with Gasteiger partial charge in [0.05, 0.1) is 0 Å². The first-order valence-electron chi connectivity index (χ1n) is 11.4. The van der Waals surface area contributed by atoms with E-state index in [-0.39, 0.29) is 31.9 Å². The van der Waals surface area contributed by atoms with Crippen LogP contribution in [0.3, 0.4) is 0 Å². The van der Waals surface area contributed by atoms with Gasteiger partial charge in [-0.1, -0.05) is 48.5 Å². The zero-order valence-electron chi connectivity index (χ0n) is 19.4. The number of carboxylic acid groups (broad SMARTS) is 1. The zero-order chi connectivity index (χ0) is 24.8. The number of amides is 2. The normalized spacial score (nSPS) is 12.8. The lowest BCUT2D eigenvalue weighted by Crippen LogP contribution is -2.47. The number of nitrogens with zero attached hydrogens (tertiary/aromatic N) is 1. The van der Waals surface area contributed by atoms with Gasteiger partial charge in [0.15, 0.2) is 0 Å². The van der Waals surface area contributed by atoms with Crippen molar-refractivity contribution in [3.63, 3.8) is 0 Å². The highest BCUT2D eigenvalue weighted by Gasteiger charge is 2.30. The molecule has 0 saturated carbocycles. The summed E-state index contributed by atoms with van der Waals surface area (Å²) in [6.07, 6.45) is 2.22. The van der Waals surface area contributed by atoms with E-state index in [4.69, 9.17) is 9.84 Å². The topological polar surface area (TPSA) is 118 Å². The van der Waals surface area contributed by atoms with Crippen LogP contribution in [0.5, 0.6) is 0 Å². The van der Waals surface area contributed by atoms with Crippen molar-refractivity contribution >= 4 is 18.0 Å². The van der Waals surface area contributed by atoms with E-state index in [1.165, 1.54) is 0 Å². The number of carbonyl (C=O) groups excluding carboxylic acids is 2. The van der Waals surface area contributed by atoms with Crippen LogP contribution in [0.2, 0.25) is 0 Å². The number of hydrogen-bond acceptors (Lipinski definition) is 5. The van der Waals surface area contributed by atoms with Crippen molar-refractivity contribution in [3.8, 4) is 11.1 Å². The Bertz CT molecular complexity index is 1200. The highest BCUT2D eigenvalue weighted by atomic mass is 16.5. The van der Waals surface area contributed by atoms with E-state index < -0.39 is 24.0 Å². The van der Waals surface area contributed by atoms with Gasteiger partial charge in [-0.25, -0.2) is 4.79 Å². The summed E-state index contributed by atoms with van der Waals surface area (Å²) in [6.45, 7) is 2.22. The average Bonchev–Trinajstić information content (AvgIpc) is 3.18. The monoisotopic (exact) mass is 473 g/mol. The van der Waals surface area contributed by atoms with E-state index in [0.717, 1.165) is 33.4 Å². The molecule has 0 bridgehead atoms. The number of benzene rings is 2. The second-order valence-electron chi connectivity index (χ2n) is 8.47. The molecule has 1 aliphatic carbocycles. The van der Waals surface area contributed by atoms with E-state index in [0.29, 0.717) is 0 Å². The molecule has 8 nitrogen and oxygen atoms in total. The summed E-state index contributed by atoms with van der Waals surface area (Å²) in [7, 11) is 0. The Morgan fingerprint density at radius 3 is 2.31 bits per heavy atom. The minimum absolute atomic E-state index is 0.0582. The fraction of sp³-hybridized carbons (Fsp3) is 0.259. The maximum absolute atomic E-state index is 12.8. The number of aliphatic carboxylic acids is 1. The number of ether oxygens (including phenoxy) is 1. The van der Waals surface area contributed by atoms with Gasteiger partial charge < -0.3 is 20.5 Å². The molecule has 3 N–H and O–H groups in total. The predicted molar refractivity (Wildman–Crippen MR) is 130 cm³/mol. The number of pyridine rings is 1. The molecule has 35 heavy (non-hydrogen) atoms. The van der Waals surface area contributed by atoms with Crippen molar-refractivity contribution in [3.05, 3.63) is 89.2 Å². The molecular weight excluding hydrogens is 446 g/mol. The van der Waals surface area contributed by atoms with Gasteiger partial charge in [0.25, 0.3) is 0 Å². The number of aryl methyl sites for hydroxylation is 1. The highest BCUT2D eigenvalue weighted by Crippen LogP contribution is 2.44. The van der Waals surface area contributed by atoms with Gasteiger partial charge in [-0.3, -0.25) is 14.6 Å². The van der Waals surface area contributed by atoms with Gasteiger partial charge in [-0.05, 0) is 52.8 Å². The Kier molecular flexibility index (Phi) is 7.40. The maximum Gasteiger partial charge on any atom is 0.407 e. The fourth-order valence-electron chi connectivity index (χ4n) is 4.31. The van der Waals surface area contributed by atoms with Crippen molar-refractivity contribution in [2.45, 2.75) is 38.3 Å². The fourth-order valence-corrected chi connectivity index (χ4v) is 4.31. The van der Waals surface area contributed by atoms with Crippen LogP contribution < -0.4 is 10.6 Å². The average molecular weight is 474 g/mol. The largest absolute Gasteiger partial charge is 0.481 e. The second kappa shape index (κ2) is 10.8. The summed E-state index contributed by atoms with van der Waals surface area (Å²) >= 11 is 0. The van der Waals surface area contributed by atoms with Crippen LogP contribution in [0.25, 0.3) is 11.1 Å². The zero-order valence-corrected chi connectivity index (χ0v) is 19.4. The van der Waals surface area contributed by atoms with Crippen LogP contribution in [-0.4, -0.2) is 40.7 Å². The molecule has 1 aromatic heterocycles. The van der Waals surface area contributed by atoms with Gasteiger partial charge in [-0.2, -0.15) is 0 Å². The standard InChI is InChI=1S/C27H27N3O5/c1-17-12-13-28-14-18(17)15-29-26(33)24(10-11-25(31)32)30-27(34)35-16-23-21-8-4-2-6-19(21)20-7-3-5-9-22(20)23/h2-9,12-14,23-24H,10-11,15-16H2,1H3,(H,29,33)(H,30,34)(H,31,32). The number of carboxylic acids is 1. The molecule has 4 rings (SSSR count). The first-order valence-corrected chi connectivity index (χ1v) is 11.4. The number of fused-ring (bicyclic) bond motifs is 3. The molecule has 0 saturated heterocycles. The summed E-state index contributed by atoms with van der Waals surface area (Å²) < 4.78 is 5.52. The SMILES string of the molecule is Cc1ccncc1CNC(=O)C(CCC(=O)O)NC(=O)OCC1c2ccccc2-c2ccccc21. The maximum atomic E-state index is 12.8. The lowest BCUT2D eigenvalue weighted by molar-refractivity contribution is -0.137. The summed E-state index contributed by atoms with van der Waals surface area (Å²) in [5, 5.41) is 14.4. The summed E-state index contributed by atoms with van der Waals surface area (Å²) in [5.41, 5.74) is 6.18. The Labute approximate surface area is 203 Å². The third-order valence-electron chi connectivity index (χ3n) is 6.20. The highest BCUT2D eigenvalue weighted by molar-refractivity contribution is 5.86. The van der Waals surface area contributed by atoms with Crippen molar-refractivity contribution in [1.82, 2.24) is 15.6 Å². The van der Waals surface area contributed by atoms with Crippen LogP contribution in [0.15, 0.2) is 67.0 Å². The number of carbonyl (C=O) groups is 3. The molecule has 2 amide bonds. The van der Waals surface area contributed by atoms with Gasteiger partial charge in [-0.15, -0.1) is 0 Å². The molecule has 1 atom stereocenters. The molecule has 3 aromatic rings. The van der Waals surface area contributed by atoms with Crippen molar-refractivity contribution in [2.24, 2.45) is 0 Å². The van der Waals surface area contributed by atoms with E-state index in [9.17, 15) is 14.4 Å². The number of rotatable bonds is 9. The number of nitrogens with one attached hydrogen (secondary N) is 2. The molecule has 0 radical (unpaired) electrons. The van der Waals surface area contributed by atoms with Crippen molar-refractivity contribution in [2.75, 3.05) is 6.61 Å². The summed E-state index contributed by atoms with van der Waals surface area (Å²) in [6, 6.07) is 16.8. The first kappa shape index (κ1) is 23.9. The molecular formula is C27H27N3O5. The minimum Gasteiger partial charge on any atom is -0.481 e. The molecule has 1 heterocycles. The second-order valence-corrected chi connectivity index (χ2v) is 8.47. The van der Waals surface area contributed by atoms with Gasteiger partial charge >= 0.3 is 12.1 Å². The molecule has 1 unspecified atom stereocenters. The van der Waals surface area contributed by atoms with E-state index in [1.54, 1.807) is 12.4 Å². The Hall–Kier alpha value is -4.20. The number of alkyl carbamates (subject to hydrolysis) is 1. The lowest BCUT2D eigenvalue weighted by atomic mass is 9.98. The Morgan fingerprint density at radius 2 is 1.69 bits per heavy atom. The lowest BCUT2D eigenvalue weighted by Gasteiger charge is -2.19. The quantitative estimate of drug-likeness (QED) is 0.435. The van der Waals surface area contributed by atoms with Gasteiger partial charge in [0.2, 0.25) is 5.91 Å². The predicted octanol–water partition coefficient (Wildman–Crippen LogP) is 3.78. The van der Waals surface area contributed by atoms with Crippen molar-refractivity contribution in [1.29, 1.82) is 0 Å². The Morgan fingerprint density at radius 1 is 1.03 bits per heavy atom. The minimum atomic E-state index is -1.06. The first-order chi connectivity index (χ1) is 16.9. The van der Waals surface area contributed by atoms with E-state index in [1.807, 2.05) is 61.5 Å². The molecule has 0 spiro atoms.